The van der Waals surface area contributed by atoms with Crippen LogP contribution in [0.4, 0.5) is 17.2 Å². The Kier molecular flexibility index (Phi) is 6.95. The smallest absolute Gasteiger partial charge is 0.270 e. The summed E-state index contributed by atoms with van der Waals surface area (Å²) in [6.45, 7) is 12.8. The molecule has 26 heavy (non-hydrogen) atoms. The lowest BCUT2D eigenvalue weighted by Gasteiger charge is -2.22. The highest BCUT2D eigenvalue weighted by Crippen LogP contribution is 2.25. The molecule has 0 bridgehead atoms. The molecular weight excluding hydrogens is 326 g/mol. The Morgan fingerprint density at radius 2 is 1.81 bits per heavy atom. The normalized spacial score (nSPS) is 10.5. The number of carbonyl (C=O) groups is 1. The molecule has 2 aromatic rings. The number of amides is 1. The third-order valence-electron chi connectivity index (χ3n) is 4.21. The van der Waals surface area contributed by atoms with Gasteiger partial charge in [0, 0.05) is 37.1 Å². The molecule has 1 amide bonds. The maximum atomic E-state index is 12.2. The van der Waals surface area contributed by atoms with Crippen LogP contribution in [0.25, 0.3) is 0 Å². The first kappa shape index (κ1) is 19.7. The standard InChI is InChI=1S/C20H29N5O/c1-6-11-21-20(26)18-13-19(23-15(5)22-18)24-17-10-9-16(12-14(17)4)25(7-2)8-3/h9-10,12-13H,6-8,11H2,1-5H3,(H,21,26)(H,22,23,24). The Hall–Kier alpha value is -2.63. The maximum absolute atomic E-state index is 12.2. The summed E-state index contributed by atoms with van der Waals surface area (Å²) in [7, 11) is 0. The zero-order valence-electron chi connectivity index (χ0n) is 16.4. The van der Waals surface area contributed by atoms with Gasteiger partial charge in [-0.2, -0.15) is 0 Å². The number of carbonyl (C=O) groups excluding carboxylic acids is 1. The van der Waals surface area contributed by atoms with Crippen LogP contribution in [0, 0.1) is 13.8 Å². The minimum absolute atomic E-state index is 0.172. The molecule has 1 aromatic carbocycles. The van der Waals surface area contributed by atoms with Crippen LogP contribution in [0.1, 0.15) is 49.1 Å². The van der Waals surface area contributed by atoms with Gasteiger partial charge in [0.15, 0.2) is 0 Å². The number of rotatable bonds is 8. The van der Waals surface area contributed by atoms with Crippen molar-refractivity contribution >= 4 is 23.1 Å². The van der Waals surface area contributed by atoms with Crippen molar-refractivity contribution in [2.24, 2.45) is 0 Å². The fourth-order valence-electron chi connectivity index (χ4n) is 2.79. The van der Waals surface area contributed by atoms with Gasteiger partial charge >= 0.3 is 0 Å². The molecule has 6 heteroatoms. The molecule has 0 saturated heterocycles. The van der Waals surface area contributed by atoms with Gasteiger partial charge < -0.3 is 15.5 Å². The summed E-state index contributed by atoms with van der Waals surface area (Å²) in [4.78, 5) is 23.1. The number of hydrogen-bond acceptors (Lipinski definition) is 5. The van der Waals surface area contributed by atoms with Gasteiger partial charge in [0.25, 0.3) is 5.91 Å². The van der Waals surface area contributed by atoms with Crippen molar-refractivity contribution in [2.45, 2.75) is 41.0 Å². The minimum atomic E-state index is -0.172. The van der Waals surface area contributed by atoms with Gasteiger partial charge in [-0.15, -0.1) is 0 Å². The van der Waals surface area contributed by atoms with E-state index in [1.54, 1.807) is 13.0 Å². The lowest BCUT2D eigenvalue weighted by Crippen LogP contribution is -2.25. The second kappa shape index (κ2) is 9.17. The molecule has 0 aliphatic carbocycles. The highest BCUT2D eigenvalue weighted by atomic mass is 16.1. The van der Waals surface area contributed by atoms with E-state index in [-0.39, 0.29) is 5.91 Å². The average molecular weight is 355 g/mol. The number of benzene rings is 1. The van der Waals surface area contributed by atoms with E-state index in [4.69, 9.17) is 0 Å². The van der Waals surface area contributed by atoms with E-state index in [0.717, 1.165) is 30.8 Å². The molecule has 6 nitrogen and oxygen atoms in total. The predicted octanol–water partition coefficient (Wildman–Crippen LogP) is 3.82. The van der Waals surface area contributed by atoms with Gasteiger partial charge in [-0.1, -0.05) is 6.92 Å². The average Bonchev–Trinajstić information content (AvgIpc) is 2.62. The van der Waals surface area contributed by atoms with Gasteiger partial charge in [-0.25, -0.2) is 9.97 Å². The van der Waals surface area contributed by atoms with Crippen molar-refractivity contribution in [3.8, 4) is 0 Å². The monoisotopic (exact) mass is 355 g/mol. The molecule has 0 spiro atoms. The zero-order valence-corrected chi connectivity index (χ0v) is 16.4. The van der Waals surface area contributed by atoms with Gasteiger partial charge in [0.05, 0.1) is 0 Å². The quantitative estimate of drug-likeness (QED) is 0.753. The molecule has 0 aliphatic rings. The minimum Gasteiger partial charge on any atom is -0.372 e. The van der Waals surface area contributed by atoms with Crippen LogP contribution < -0.4 is 15.5 Å². The largest absolute Gasteiger partial charge is 0.372 e. The number of hydrogen-bond donors (Lipinski definition) is 2. The van der Waals surface area contributed by atoms with Crippen molar-refractivity contribution in [3.05, 3.63) is 41.3 Å². The van der Waals surface area contributed by atoms with Crippen molar-refractivity contribution < 1.29 is 4.79 Å². The summed E-state index contributed by atoms with van der Waals surface area (Å²) < 4.78 is 0. The third-order valence-corrected chi connectivity index (χ3v) is 4.21. The van der Waals surface area contributed by atoms with Crippen molar-refractivity contribution in [3.63, 3.8) is 0 Å². The molecule has 0 unspecified atom stereocenters. The van der Waals surface area contributed by atoms with Crippen LogP contribution in [0.3, 0.4) is 0 Å². The molecule has 0 atom stereocenters. The second-order valence-corrected chi connectivity index (χ2v) is 6.24. The van der Waals surface area contributed by atoms with Crippen molar-refractivity contribution in [1.82, 2.24) is 15.3 Å². The fourth-order valence-corrected chi connectivity index (χ4v) is 2.79. The van der Waals surface area contributed by atoms with E-state index in [1.165, 1.54) is 5.69 Å². The van der Waals surface area contributed by atoms with E-state index in [0.29, 0.717) is 23.9 Å². The molecule has 1 aromatic heterocycles. The van der Waals surface area contributed by atoms with Gasteiger partial charge in [0.2, 0.25) is 0 Å². The van der Waals surface area contributed by atoms with Crippen LogP contribution in [0.5, 0.6) is 0 Å². The van der Waals surface area contributed by atoms with Crippen molar-refractivity contribution in [2.75, 3.05) is 29.9 Å². The summed E-state index contributed by atoms with van der Waals surface area (Å²) >= 11 is 0. The predicted molar refractivity (Wildman–Crippen MR) is 107 cm³/mol. The van der Waals surface area contributed by atoms with Gasteiger partial charge in [-0.05, 0) is 57.9 Å². The molecule has 0 fully saturated rings. The first-order valence-corrected chi connectivity index (χ1v) is 9.24. The van der Waals surface area contributed by atoms with Crippen LogP contribution in [0.15, 0.2) is 24.3 Å². The lowest BCUT2D eigenvalue weighted by atomic mass is 10.1. The van der Waals surface area contributed by atoms with Gasteiger partial charge in [-0.3, -0.25) is 4.79 Å². The number of nitrogens with one attached hydrogen (secondary N) is 2. The Balaban J connectivity index is 2.22. The molecular formula is C20H29N5O. The van der Waals surface area contributed by atoms with Gasteiger partial charge in [0.1, 0.15) is 17.3 Å². The van der Waals surface area contributed by atoms with E-state index >= 15 is 0 Å². The van der Waals surface area contributed by atoms with E-state index < -0.39 is 0 Å². The Morgan fingerprint density at radius 1 is 1.08 bits per heavy atom. The molecule has 0 radical (unpaired) electrons. The SMILES string of the molecule is CCCNC(=O)c1cc(Nc2ccc(N(CC)CC)cc2C)nc(C)n1. The molecule has 2 rings (SSSR count). The van der Waals surface area contributed by atoms with Crippen LogP contribution in [-0.2, 0) is 0 Å². The van der Waals surface area contributed by atoms with E-state index in [9.17, 15) is 4.79 Å². The van der Waals surface area contributed by atoms with Crippen LogP contribution in [0.2, 0.25) is 0 Å². The summed E-state index contributed by atoms with van der Waals surface area (Å²) in [6.07, 6.45) is 0.888. The van der Waals surface area contributed by atoms with E-state index in [1.807, 2.05) is 6.92 Å². The third kappa shape index (κ3) is 4.94. The molecule has 0 saturated carbocycles. The number of aromatic nitrogens is 2. The second-order valence-electron chi connectivity index (χ2n) is 6.24. The number of anilines is 3. The van der Waals surface area contributed by atoms with Crippen LogP contribution >= 0.6 is 0 Å². The number of aryl methyl sites for hydroxylation is 2. The summed E-state index contributed by atoms with van der Waals surface area (Å²) in [5, 5.41) is 6.17. The Labute approximate surface area is 156 Å². The molecule has 1 heterocycles. The van der Waals surface area contributed by atoms with Crippen molar-refractivity contribution in [1.29, 1.82) is 0 Å². The lowest BCUT2D eigenvalue weighted by molar-refractivity contribution is 0.0948. The Morgan fingerprint density at radius 3 is 2.42 bits per heavy atom. The highest BCUT2D eigenvalue weighted by Gasteiger charge is 2.11. The maximum Gasteiger partial charge on any atom is 0.270 e. The highest BCUT2D eigenvalue weighted by molar-refractivity contribution is 5.93. The molecule has 0 aliphatic heterocycles. The zero-order chi connectivity index (χ0) is 19.1. The first-order valence-electron chi connectivity index (χ1n) is 9.24. The summed E-state index contributed by atoms with van der Waals surface area (Å²) in [6, 6.07) is 8.01. The summed E-state index contributed by atoms with van der Waals surface area (Å²) in [5.41, 5.74) is 3.68. The topological polar surface area (TPSA) is 70.2 Å². The summed E-state index contributed by atoms with van der Waals surface area (Å²) in [5.74, 6) is 1.01. The van der Waals surface area contributed by atoms with Crippen LogP contribution in [-0.4, -0.2) is 35.5 Å². The Bertz CT molecular complexity index is 756. The fraction of sp³-hybridized carbons (Fsp3) is 0.450. The van der Waals surface area contributed by atoms with E-state index in [2.05, 4.69) is 64.5 Å². The molecule has 2 N–H and O–H groups in total. The molecule has 140 valence electrons. The first-order chi connectivity index (χ1) is 12.5. The number of nitrogens with zero attached hydrogens (tertiary/aromatic N) is 3.